The Kier molecular flexibility index (Phi) is 4.38. The highest BCUT2D eigenvalue weighted by Gasteiger charge is 2.51. The van der Waals surface area contributed by atoms with Crippen LogP contribution in [0.25, 0.3) is 0 Å². The normalized spacial score (nSPS) is 30.4. The van der Waals surface area contributed by atoms with Crippen LogP contribution < -0.4 is 10.1 Å². The maximum Gasteiger partial charge on any atom is 0.287 e. The third-order valence-corrected chi connectivity index (χ3v) is 6.86. The maximum atomic E-state index is 13.1. The van der Waals surface area contributed by atoms with Crippen molar-refractivity contribution in [2.24, 2.45) is 17.8 Å². The first-order chi connectivity index (χ1) is 13.5. The molecule has 0 aliphatic heterocycles. The van der Waals surface area contributed by atoms with E-state index in [1.165, 1.54) is 37.5 Å². The minimum atomic E-state index is -0.418. The number of furan rings is 1. The largest absolute Gasteiger partial charge is 0.484 e. The van der Waals surface area contributed by atoms with Gasteiger partial charge < -0.3 is 14.5 Å². The number of halogens is 2. The SMILES string of the molecule is O=C(NC12CC3CC(CC(C3)C1)C2)c1ccc(COc2ccc(F)cc2Cl)o1. The molecule has 4 bridgehead atoms. The lowest BCUT2D eigenvalue weighted by molar-refractivity contribution is -0.0171. The first kappa shape index (κ1) is 18.0. The Hall–Kier alpha value is -2.01. The smallest absolute Gasteiger partial charge is 0.287 e. The average Bonchev–Trinajstić information content (AvgIpc) is 3.08. The van der Waals surface area contributed by atoms with E-state index in [0.717, 1.165) is 37.0 Å². The van der Waals surface area contributed by atoms with Gasteiger partial charge in [0.1, 0.15) is 23.9 Å². The van der Waals surface area contributed by atoms with Crippen LogP contribution in [0, 0.1) is 23.6 Å². The second-order valence-corrected chi connectivity index (χ2v) is 9.19. The van der Waals surface area contributed by atoms with Crippen LogP contribution in [0.2, 0.25) is 5.02 Å². The van der Waals surface area contributed by atoms with Crippen molar-refractivity contribution in [3.8, 4) is 5.75 Å². The summed E-state index contributed by atoms with van der Waals surface area (Å²) in [5.74, 6) is 2.95. The Morgan fingerprint density at radius 3 is 2.46 bits per heavy atom. The molecule has 0 radical (unpaired) electrons. The highest BCUT2D eigenvalue weighted by molar-refractivity contribution is 6.32. The molecule has 1 heterocycles. The van der Waals surface area contributed by atoms with Crippen molar-refractivity contribution in [1.29, 1.82) is 0 Å². The van der Waals surface area contributed by atoms with E-state index in [1.807, 2.05) is 0 Å². The molecular formula is C22H23ClFNO3. The monoisotopic (exact) mass is 403 g/mol. The van der Waals surface area contributed by atoms with Crippen LogP contribution in [0.4, 0.5) is 4.39 Å². The van der Waals surface area contributed by atoms with Gasteiger partial charge in [-0.3, -0.25) is 4.79 Å². The fourth-order valence-corrected chi connectivity index (χ4v) is 6.11. The molecule has 0 saturated heterocycles. The summed E-state index contributed by atoms with van der Waals surface area (Å²) in [4.78, 5) is 12.8. The first-order valence-corrected chi connectivity index (χ1v) is 10.3. The third-order valence-electron chi connectivity index (χ3n) is 6.57. The number of carbonyl (C=O) groups excluding carboxylic acids is 1. The topological polar surface area (TPSA) is 51.5 Å². The third kappa shape index (κ3) is 3.41. The molecule has 4 nitrogen and oxygen atoms in total. The summed E-state index contributed by atoms with van der Waals surface area (Å²) in [5, 5.41) is 3.51. The number of hydrogen-bond acceptors (Lipinski definition) is 3. The molecule has 4 aliphatic carbocycles. The highest BCUT2D eigenvalue weighted by atomic mass is 35.5. The molecule has 6 heteroatoms. The van der Waals surface area contributed by atoms with E-state index in [9.17, 15) is 9.18 Å². The van der Waals surface area contributed by atoms with E-state index < -0.39 is 5.82 Å². The van der Waals surface area contributed by atoms with E-state index >= 15 is 0 Å². The van der Waals surface area contributed by atoms with E-state index in [2.05, 4.69) is 5.32 Å². The summed E-state index contributed by atoms with van der Waals surface area (Å²) < 4.78 is 24.4. The molecule has 28 heavy (non-hydrogen) atoms. The van der Waals surface area contributed by atoms with Crippen molar-refractivity contribution in [3.05, 3.63) is 52.7 Å². The predicted molar refractivity (Wildman–Crippen MR) is 103 cm³/mol. The van der Waals surface area contributed by atoms with Gasteiger partial charge in [0, 0.05) is 5.54 Å². The van der Waals surface area contributed by atoms with Crippen molar-refractivity contribution in [2.75, 3.05) is 0 Å². The van der Waals surface area contributed by atoms with Gasteiger partial charge in [-0.25, -0.2) is 4.39 Å². The Balaban J connectivity index is 1.23. The van der Waals surface area contributed by atoms with Gasteiger partial charge in [0.25, 0.3) is 5.91 Å². The van der Waals surface area contributed by atoms with Crippen molar-refractivity contribution in [1.82, 2.24) is 5.32 Å². The van der Waals surface area contributed by atoms with Gasteiger partial charge in [-0.05, 0) is 86.6 Å². The molecule has 1 aromatic carbocycles. The van der Waals surface area contributed by atoms with E-state index in [1.54, 1.807) is 12.1 Å². The van der Waals surface area contributed by atoms with Crippen LogP contribution in [0.15, 0.2) is 34.7 Å². The van der Waals surface area contributed by atoms with Gasteiger partial charge in [0.05, 0.1) is 5.02 Å². The molecule has 4 aliphatic rings. The minimum Gasteiger partial charge on any atom is -0.484 e. The van der Waals surface area contributed by atoms with Crippen LogP contribution in [0.3, 0.4) is 0 Å². The molecule has 148 valence electrons. The van der Waals surface area contributed by atoms with Gasteiger partial charge in [-0.15, -0.1) is 0 Å². The molecule has 0 atom stereocenters. The Morgan fingerprint density at radius 2 is 1.82 bits per heavy atom. The number of carbonyl (C=O) groups is 1. The van der Waals surface area contributed by atoms with E-state index in [0.29, 0.717) is 17.3 Å². The Bertz CT molecular complexity index is 874. The Morgan fingerprint density at radius 1 is 1.14 bits per heavy atom. The van der Waals surface area contributed by atoms with Crippen molar-refractivity contribution < 1.29 is 18.3 Å². The lowest BCUT2D eigenvalue weighted by Gasteiger charge is -2.56. The molecule has 6 rings (SSSR count). The lowest BCUT2D eigenvalue weighted by atomic mass is 9.53. The second-order valence-electron chi connectivity index (χ2n) is 8.78. The quantitative estimate of drug-likeness (QED) is 0.732. The molecule has 1 N–H and O–H groups in total. The minimum absolute atomic E-state index is 0.0447. The number of hydrogen-bond donors (Lipinski definition) is 1. The molecule has 0 spiro atoms. The van der Waals surface area contributed by atoms with Crippen LogP contribution in [-0.4, -0.2) is 11.4 Å². The molecular weight excluding hydrogens is 381 g/mol. The van der Waals surface area contributed by atoms with Gasteiger partial charge >= 0.3 is 0 Å². The number of nitrogens with one attached hydrogen (secondary N) is 1. The van der Waals surface area contributed by atoms with E-state index in [4.69, 9.17) is 20.8 Å². The zero-order valence-corrected chi connectivity index (χ0v) is 16.3. The first-order valence-electron chi connectivity index (χ1n) is 9.97. The predicted octanol–water partition coefficient (Wildman–Crippen LogP) is 5.35. The summed E-state index contributed by atoms with van der Waals surface area (Å²) in [6.45, 7) is 0.121. The van der Waals surface area contributed by atoms with Gasteiger partial charge in [0.2, 0.25) is 0 Å². The van der Waals surface area contributed by atoms with Crippen molar-refractivity contribution in [2.45, 2.75) is 50.7 Å². The summed E-state index contributed by atoms with van der Waals surface area (Å²) in [6.07, 6.45) is 7.31. The molecule has 4 fully saturated rings. The van der Waals surface area contributed by atoms with E-state index in [-0.39, 0.29) is 23.1 Å². The van der Waals surface area contributed by atoms with Crippen molar-refractivity contribution in [3.63, 3.8) is 0 Å². The number of amides is 1. The van der Waals surface area contributed by atoms with Crippen molar-refractivity contribution >= 4 is 17.5 Å². The summed E-state index contributed by atoms with van der Waals surface area (Å²) in [6, 6.07) is 7.37. The highest BCUT2D eigenvalue weighted by Crippen LogP contribution is 2.55. The maximum absolute atomic E-state index is 13.1. The standard InChI is InChI=1S/C22H23ClFNO3/c23-18-8-16(24)1-3-19(18)27-12-17-2-4-20(28-17)21(26)25-22-9-13-5-14(10-22)7-15(6-13)11-22/h1-4,8,13-15H,5-7,9-12H2,(H,25,26). The zero-order chi connectivity index (χ0) is 19.3. The second kappa shape index (κ2) is 6.80. The fraction of sp³-hybridized carbons (Fsp3) is 0.500. The molecule has 1 aromatic heterocycles. The zero-order valence-electron chi connectivity index (χ0n) is 15.5. The summed E-state index contributed by atoms with van der Waals surface area (Å²) in [7, 11) is 0. The summed E-state index contributed by atoms with van der Waals surface area (Å²) in [5.41, 5.74) is -0.0447. The molecule has 4 saturated carbocycles. The van der Waals surface area contributed by atoms with Crippen LogP contribution >= 0.6 is 11.6 Å². The number of ether oxygens (including phenoxy) is 1. The van der Waals surface area contributed by atoms with Gasteiger partial charge in [0.15, 0.2) is 5.76 Å². The Labute approximate surface area is 168 Å². The van der Waals surface area contributed by atoms with Crippen LogP contribution in [0.5, 0.6) is 5.75 Å². The van der Waals surface area contributed by atoms with Gasteiger partial charge in [-0.2, -0.15) is 0 Å². The summed E-state index contributed by atoms with van der Waals surface area (Å²) >= 11 is 5.96. The lowest BCUT2D eigenvalue weighted by Crippen LogP contribution is -2.59. The number of rotatable bonds is 5. The van der Waals surface area contributed by atoms with Gasteiger partial charge in [-0.1, -0.05) is 11.6 Å². The molecule has 0 unspecified atom stereocenters. The molecule has 1 amide bonds. The van der Waals surface area contributed by atoms with Crippen LogP contribution in [-0.2, 0) is 6.61 Å². The van der Waals surface area contributed by atoms with Crippen LogP contribution in [0.1, 0.15) is 54.8 Å². The molecule has 2 aromatic rings. The number of benzene rings is 1. The fourth-order valence-electron chi connectivity index (χ4n) is 5.88. The average molecular weight is 404 g/mol.